The van der Waals surface area contributed by atoms with Gasteiger partial charge in [-0.25, -0.2) is 0 Å². The maximum atomic E-state index is 12.0. The Labute approximate surface area is 185 Å². The Bertz CT molecular complexity index is 661. The minimum Gasteiger partial charge on any atom is -0.300 e. The van der Waals surface area contributed by atoms with E-state index < -0.39 is 0 Å². The molecule has 0 bridgehead atoms. The first-order valence-corrected chi connectivity index (χ1v) is 12.3. The van der Waals surface area contributed by atoms with Crippen molar-refractivity contribution in [3.8, 4) is 0 Å². The van der Waals surface area contributed by atoms with Crippen LogP contribution in [-0.4, -0.2) is 5.78 Å². The topological polar surface area (TPSA) is 17.1 Å². The second-order valence-electron chi connectivity index (χ2n) is 8.91. The van der Waals surface area contributed by atoms with Gasteiger partial charge in [-0.2, -0.15) is 0 Å². The lowest BCUT2D eigenvalue weighted by Crippen LogP contribution is -2.14. The largest absolute Gasteiger partial charge is 0.300 e. The van der Waals surface area contributed by atoms with Crippen LogP contribution in [0.1, 0.15) is 95.1 Å². The SMILES string of the molecule is CC(=O)C(CCCCCCCCCCCCCc1ccccc1)Cc1ccccc1. The number of unbranched alkanes of at least 4 members (excludes halogenated alkanes) is 10. The standard InChI is InChI=1S/C29H42O/c1-26(30)29(25-28-22-16-12-17-23-28)24-18-10-8-6-4-2-3-5-7-9-13-19-27-20-14-11-15-21-27/h11-12,14-17,20-23,29H,2-10,13,18-19,24-25H2,1H3. The highest BCUT2D eigenvalue weighted by atomic mass is 16.1. The Balaban J connectivity index is 1.38. The quantitative estimate of drug-likeness (QED) is 0.241. The monoisotopic (exact) mass is 406 g/mol. The first-order chi connectivity index (χ1) is 14.8. The molecule has 0 aliphatic carbocycles. The fourth-order valence-electron chi connectivity index (χ4n) is 4.30. The van der Waals surface area contributed by atoms with Crippen LogP contribution in [0.3, 0.4) is 0 Å². The van der Waals surface area contributed by atoms with Gasteiger partial charge in [0.05, 0.1) is 0 Å². The molecule has 0 aliphatic heterocycles. The van der Waals surface area contributed by atoms with E-state index in [1.807, 2.05) is 6.07 Å². The summed E-state index contributed by atoms with van der Waals surface area (Å²) >= 11 is 0. The molecule has 1 atom stereocenters. The molecule has 2 aromatic rings. The normalized spacial score (nSPS) is 12.0. The number of ketones is 1. The van der Waals surface area contributed by atoms with Crippen LogP contribution in [0.4, 0.5) is 0 Å². The average molecular weight is 407 g/mol. The van der Waals surface area contributed by atoms with E-state index in [0.29, 0.717) is 5.78 Å². The highest BCUT2D eigenvalue weighted by Gasteiger charge is 2.14. The molecule has 0 radical (unpaired) electrons. The van der Waals surface area contributed by atoms with Gasteiger partial charge in [-0.15, -0.1) is 0 Å². The highest BCUT2D eigenvalue weighted by Crippen LogP contribution is 2.18. The van der Waals surface area contributed by atoms with E-state index in [0.717, 1.165) is 12.8 Å². The van der Waals surface area contributed by atoms with Crippen LogP contribution in [0.15, 0.2) is 60.7 Å². The summed E-state index contributed by atoms with van der Waals surface area (Å²) in [5.41, 5.74) is 2.77. The molecule has 0 spiro atoms. The molecule has 0 saturated heterocycles. The molecule has 0 N–H and O–H groups in total. The molecule has 0 aliphatic rings. The Kier molecular flexibility index (Phi) is 12.9. The van der Waals surface area contributed by atoms with E-state index in [-0.39, 0.29) is 5.92 Å². The first kappa shape index (κ1) is 24.4. The zero-order chi connectivity index (χ0) is 21.3. The lowest BCUT2D eigenvalue weighted by atomic mass is 9.90. The lowest BCUT2D eigenvalue weighted by molar-refractivity contribution is -0.120. The van der Waals surface area contributed by atoms with Gasteiger partial charge in [0.15, 0.2) is 0 Å². The summed E-state index contributed by atoms with van der Waals surface area (Å²) in [5.74, 6) is 0.553. The van der Waals surface area contributed by atoms with Gasteiger partial charge in [-0.3, -0.25) is 4.79 Å². The fraction of sp³-hybridized carbons (Fsp3) is 0.552. The predicted molar refractivity (Wildman–Crippen MR) is 130 cm³/mol. The fourth-order valence-corrected chi connectivity index (χ4v) is 4.30. The molecule has 30 heavy (non-hydrogen) atoms. The van der Waals surface area contributed by atoms with Crippen molar-refractivity contribution in [1.29, 1.82) is 0 Å². The van der Waals surface area contributed by atoms with E-state index >= 15 is 0 Å². The highest BCUT2D eigenvalue weighted by molar-refractivity contribution is 5.78. The average Bonchev–Trinajstić information content (AvgIpc) is 2.77. The second-order valence-corrected chi connectivity index (χ2v) is 8.91. The lowest BCUT2D eigenvalue weighted by Gasteiger charge is -2.13. The van der Waals surface area contributed by atoms with Crippen LogP contribution < -0.4 is 0 Å². The Hall–Kier alpha value is -1.89. The van der Waals surface area contributed by atoms with E-state index in [1.165, 1.54) is 88.2 Å². The van der Waals surface area contributed by atoms with E-state index in [9.17, 15) is 4.79 Å². The molecule has 1 heteroatoms. The molecule has 0 amide bonds. The van der Waals surface area contributed by atoms with Crippen LogP contribution in [0, 0.1) is 5.92 Å². The van der Waals surface area contributed by atoms with Crippen molar-refractivity contribution in [3.63, 3.8) is 0 Å². The van der Waals surface area contributed by atoms with Gasteiger partial charge < -0.3 is 0 Å². The summed E-state index contributed by atoms with van der Waals surface area (Å²) in [6.07, 6.45) is 18.0. The maximum absolute atomic E-state index is 12.0. The third-order valence-electron chi connectivity index (χ3n) is 6.26. The smallest absolute Gasteiger partial charge is 0.133 e. The van der Waals surface area contributed by atoms with E-state index in [4.69, 9.17) is 0 Å². The summed E-state index contributed by atoms with van der Waals surface area (Å²) in [4.78, 5) is 12.0. The number of carbonyl (C=O) groups excluding carboxylic acids is 1. The van der Waals surface area contributed by atoms with Crippen LogP contribution in [-0.2, 0) is 17.6 Å². The van der Waals surface area contributed by atoms with Crippen LogP contribution >= 0.6 is 0 Å². The van der Waals surface area contributed by atoms with Gasteiger partial charge >= 0.3 is 0 Å². The summed E-state index contributed by atoms with van der Waals surface area (Å²) in [5, 5.41) is 0. The number of Topliss-reactive ketones (excluding diaryl/α,β-unsaturated/α-hetero) is 1. The van der Waals surface area contributed by atoms with Crippen molar-refractivity contribution in [3.05, 3.63) is 71.8 Å². The number of aryl methyl sites for hydroxylation is 1. The van der Waals surface area contributed by atoms with Crippen LogP contribution in [0.5, 0.6) is 0 Å². The number of hydrogen-bond acceptors (Lipinski definition) is 1. The summed E-state index contributed by atoms with van der Waals surface area (Å²) in [7, 11) is 0. The maximum Gasteiger partial charge on any atom is 0.133 e. The van der Waals surface area contributed by atoms with Crippen molar-refractivity contribution in [2.45, 2.75) is 96.8 Å². The van der Waals surface area contributed by atoms with Crippen LogP contribution in [0.2, 0.25) is 0 Å². The minimum absolute atomic E-state index is 0.203. The number of rotatable bonds is 17. The summed E-state index contributed by atoms with van der Waals surface area (Å²) in [6.45, 7) is 1.76. The first-order valence-electron chi connectivity index (χ1n) is 12.3. The van der Waals surface area contributed by atoms with Crippen molar-refractivity contribution in [1.82, 2.24) is 0 Å². The zero-order valence-corrected chi connectivity index (χ0v) is 19.2. The second kappa shape index (κ2) is 15.9. The molecule has 0 heterocycles. The van der Waals surface area contributed by atoms with Crippen LogP contribution in [0.25, 0.3) is 0 Å². The van der Waals surface area contributed by atoms with Gasteiger partial charge in [0.2, 0.25) is 0 Å². The molecule has 2 rings (SSSR count). The van der Waals surface area contributed by atoms with Crippen molar-refractivity contribution in [2.24, 2.45) is 5.92 Å². The van der Waals surface area contributed by atoms with Crippen molar-refractivity contribution < 1.29 is 4.79 Å². The van der Waals surface area contributed by atoms with E-state index in [2.05, 4.69) is 54.6 Å². The molecule has 0 aromatic heterocycles. The van der Waals surface area contributed by atoms with Crippen molar-refractivity contribution >= 4 is 5.78 Å². The number of hydrogen-bond donors (Lipinski definition) is 0. The number of benzene rings is 2. The Morgan fingerprint density at radius 3 is 1.53 bits per heavy atom. The predicted octanol–water partition coefficient (Wildman–Crippen LogP) is 8.36. The molecule has 0 fully saturated rings. The Morgan fingerprint density at radius 2 is 1.03 bits per heavy atom. The molecule has 2 aromatic carbocycles. The van der Waals surface area contributed by atoms with Gasteiger partial charge in [0.1, 0.15) is 5.78 Å². The molecule has 1 unspecified atom stereocenters. The molecule has 164 valence electrons. The zero-order valence-electron chi connectivity index (χ0n) is 19.2. The van der Waals surface area contributed by atoms with Gasteiger partial charge in [-0.1, -0.05) is 125 Å². The van der Waals surface area contributed by atoms with Crippen molar-refractivity contribution in [2.75, 3.05) is 0 Å². The molecule has 1 nitrogen and oxygen atoms in total. The van der Waals surface area contributed by atoms with E-state index in [1.54, 1.807) is 6.92 Å². The molecule has 0 saturated carbocycles. The van der Waals surface area contributed by atoms with Gasteiger partial charge in [-0.05, 0) is 43.7 Å². The van der Waals surface area contributed by atoms with Gasteiger partial charge in [0.25, 0.3) is 0 Å². The van der Waals surface area contributed by atoms with Gasteiger partial charge in [0, 0.05) is 5.92 Å². The third-order valence-corrected chi connectivity index (χ3v) is 6.26. The third kappa shape index (κ3) is 11.3. The number of carbonyl (C=O) groups is 1. The Morgan fingerprint density at radius 1 is 0.600 bits per heavy atom. The summed E-state index contributed by atoms with van der Waals surface area (Å²) < 4.78 is 0. The molecular formula is C29H42O. The summed E-state index contributed by atoms with van der Waals surface area (Å²) in [6, 6.07) is 21.3. The molecular weight excluding hydrogens is 364 g/mol. The minimum atomic E-state index is 0.203.